The van der Waals surface area contributed by atoms with Gasteiger partial charge in [0, 0.05) is 6.42 Å². The molecule has 0 bridgehead atoms. The summed E-state index contributed by atoms with van der Waals surface area (Å²) < 4.78 is 15.8. The number of benzene rings is 2. The van der Waals surface area contributed by atoms with Crippen molar-refractivity contribution in [3.05, 3.63) is 59.5 Å². The maximum absolute atomic E-state index is 12.0. The van der Waals surface area contributed by atoms with Gasteiger partial charge in [-0.15, -0.1) is 10.2 Å². The third-order valence-electron chi connectivity index (χ3n) is 4.40. The highest BCUT2D eigenvalue weighted by Crippen LogP contribution is 2.25. The zero-order valence-corrected chi connectivity index (χ0v) is 18.6. The van der Waals surface area contributed by atoms with Gasteiger partial charge in [-0.3, -0.25) is 4.79 Å². The number of hydrogen-bond acceptors (Lipinski definition) is 9. The first kappa shape index (κ1) is 23.1. The molecule has 1 heterocycles. The summed E-state index contributed by atoms with van der Waals surface area (Å²) >= 11 is 1.14. The number of phenols is 1. The Morgan fingerprint density at radius 1 is 1.16 bits per heavy atom. The number of phenolic OH excluding ortho intramolecular Hbond substituents is 1. The molecule has 0 radical (unpaired) electrons. The number of hydrogen-bond donors (Lipinski definition) is 2. The van der Waals surface area contributed by atoms with Crippen LogP contribution in [0.5, 0.6) is 17.2 Å². The number of amides is 1. The van der Waals surface area contributed by atoms with E-state index in [9.17, 15) is 9.90 Å². The van der Waals surface area contributed by atoms with Gasteiger partial charge in [-0.25, -0.2) is 5.43 Å². The molecule has 0 fully saturated rings. The Hall–Kier alpha value is -3.53. The van der Waals surface area contributed by atoms with Gasteiger partial charge >= 0.3 is 0 Å². The normalized spacial score (nSPS) is 10.9. The molecule has 10 heteroatoms. The Kier molecular flexibility index (Phi) is 8.50. The van der Waals surface area contributed by atoms with Crippen molar-refractivity contribution < 1.29 is 23.8 Å². The summed E-state index contributed by atoms with van der Waals surface area (Å²) in [5, 5.41) is 21.8. The smallest absolute Gasteiger partial charge is 0.277 e. The largest absolute Gasteiger partial charge is 0.504 e. The fourth-order valence-electron chi connectivity index (χ4n) is 2.75. The molecule has 1 amide bonds. The van der Waals surface area contributed by atoms with Crippen molar-refractivity contribution >= 4 is 23.9 Å². The minimum Gasteiger partial charge on any atom is -0.504 e. The average molecular weight is 457 g/mol. The molecule has 9 nitrogen and oxygen atoms in total. The molecule has 2 aromatic carbocycles. The number of nitrogens with one attached hydrogen (secondary N) is 1. The Balaban J connectivity index is 1.38. The van der Waals surface area contributed by atoms with Crippen molar-refractivity contribution in [1.82, 2.24) is 15.6 Å². The van der Waals surface area contributed by atoms with Crippen molar-refractivity contribution in [3.63, 3.8) is 0 Å². The van der Waals surface area contributed by atoms with E-state index in [2.05, 4.69) is 20.7 Å². The second-order valence-corrected chi connectivity index (χ2v) is 7.60. The Labute approximate surface area is 189 Å². The van der Waals surface area contributed by atoms with Crippen LogP contribution in [0, 0.1) is 0 Å². The molecule has 0 spiro atoms. The first-order valence-corrected chi connectivity index (χ1v) is 10.8. The number of rotatable bonds is 11. The molecular formula is C22H24N4O5S. The highest BCUT2D eigenvalue weighted by Gasteiger charge is 2.09. The lowest BCUT2D eigenvalue weighted by Gasteiger charge is -2.03. The zero-order valence-electron chi connectivity index (χ0n) is 17.8. The molecule has 0 aliphatic carbocycles. The topological polar surface area (TPSA) is 119 Å². The van der Waals surface area contributed by atoms with Crippen molar-refractivity contribution in [1.29, 1.82) is 0 Å². The van der Waals surface area contributed by atoms with E-state index in [0.29, 0.717) is 28.8 Å². The van der Waals surface area contributed by atoms with Gasteiger partial charge in [0.1, 0.15) is 5.75 Å². The number of methoxy groups -OCH3 is 2. The van der Waals surface area contributed by atoms with Crippen molar-refractivity contribution in [2.24, 2.45) is 5.10 Å². The number of thioether (sulfide) groups is 1. The van der Waals surface area contributed by atoms with Gasteiger partial charge in [0.25, 0.3) is 11.1 Å². The van der Waals surface area contributed by atoms with Crippen LogP contribution in [0.2, 0.25) is 0 Å². The fourth-order valence-corrected chi connectivity index (χ4v) is 3.32. The van der Waals surface area contributed by atoms with Gasteiger partial charge in [0.15, 0.2) is 11.5 Å². The van der Waals surface area contributed by atoms with E-state index in [1.165, 1.54) is 25.0 Å². The number of aromatic nitrogens is 2. The summed E-state index contributed by atoms with van der Waals surface area (Å²) in [4.78, 5) is 12.0. The molecule has 3 rings (SSSR count). The lowest BCUT2D eigenvalue weighted by atomic mass is 10.1. The summed E-state index contributed by atoms with van der Waals surface area (Å²) in [6, 6.07) is 12.7. The van der Waals surface area contributed by atoms with Crippen LogP contribution >= 0.6 is 11.8 Å². The van der Waals surface area contributed by atoms with E-state index in [1.807, 2.05) is 24.3 Å². The molecule has 0 atom stereocenters. The number of nitrogens with zero attached hydrogens (tertiary/aromatic N) is 3. The van der Waals surface area contributed by atoms with Gasteiger partial charge in [0.2, 0.25) is 5.89 Å². The summed E-state index contributed by atoms with van der Waals surface area (Å²) in [5.41, 5.74) is 4.31. The minimum atomic E-state index is -0.309. The molecule has 0 saturated heterocycles. The second-order valence-electron chi connectivity index (χ2n) is 6.68. The molecule has 2 N–H and O–H groups in total. The molecule has 0 saturated carbocycles. The minimum absolute atomic E-state index is 0.0322. The highest BCUT2D eigenvalue weighted by atomic mass is 32.2. The van der Waals surface area contributed by atoms with Crippen LogP contribution in [0.3, 0.4) is 0 Å². The fraction of sp³-hybridized carbons (Fsp3) is 0.273. The van der Waals surface area contributed by atoms with Gasteiger partial charge in [-0.2, -0.15) is 5.10 Å². The third-order valence-corrected chi connectivity index (χ3v) is 5.22. The van der Waals surface area contributed by atoms with Crippen LogP contribution in [0.1, 0.15) is 23.4 Å². The van der Waals surface area contributed by atoms with Crippen LogP contribution in [-0.2, 0) is 17.6 Å². The van der Waals surface area contributed by atoms with Crippen LogP contribution in [-0.4, -0.2) is 47.4 Å². The maximum Gasteiger partial charge on any atom is 0.277 e. The predicted octanol–water partition coefficient (Wildman–Crippen LogP) is 3.21. The summed E-state index contributed by atoms with van der Waals surface area (Å²) in [6.45, 7) is 0. The molecular weight excluding hydrogens is 432 g/mol. The second kappa shape index (κ2) is 11.8. The number of carbonyl (C=O) groups is 1. The third kappa shape index (κ3) is 7.02. The molecule has 1 aromatic heterocycles. The van der Waals surface area contributed by atoms with Gasteiger partial charge in [-0.05, 0) is 54.3 Å². The highest BCUT2D eigenvalue weighted by molar-refractivity contribution is 7.99. The van der Waals surface area contributed by atoms with Crippen molar-refractivity contribution in [2.45, 2.75) is 24.5 Å². The Morgan fingerprint density at radius 3 is 2.72 bits per heavy atom. The van der Waals surface area contributed by atoms with Gasteiger partial charge in [0.05, 0.1) is 26.2 Å². The van der Waals surface area contributed by atoms with E-state index < -0.39 is 0 Å². The van der Waals surface area contributed by atoms with Gasteiger partial charge in [-0.1, -0.05) is 23.9 Å². The van der Waals surface area contributed by atoms with Crippen molar-refractivity contribution in [3.8, 4) is 17.2 Å². The number of aryl methyl sites for hydroxylation is 2. The number of aromatic hydroxyl groups is 1. The zero-order chi connectivity index (χ0) is 22.8. The van der Waals surface area contributed by atoms with E-state index in [0.717, 1.165) is 30.4 Å². The van der Waals surface area contributed by atoms with E-state index in [-0.39, 0.29) is 17.4 Å². The molecule has 0 aliphatic heterocycles. The first-order chi connectivity index (χ1) is 15.6. The average Bonchev–Trinajstić information content (AvgIpc) is 3.27. The molecule has 3 aromatic rings. The van der Waals surface area contributed by atoms with Gasteiger partial charge < -0.3 is 19.0 Å². The molecule has 0 aliphatic rings. The standard InChI is InChI=1S/C22H24N4O5S/c1-29-17-9-6-15(7-10-17)4-3-5-21-25-26-22(31-21)32-14-20(28)24-23-13-16-8-11-18(27)19(12-16)30-2/h6-13,27H,3-5,14H2,1-2H3,(H,24,28)/b23-13+. The lowest BCUT2D eigenvalue weighted by Crippen LogP contribution is -2.19. The van der Waals surface area contributed by atoms with Crippen LogP contribution in [0.15, 0.2) is 57.2 Å². The molecule has 0 unspecified atom stereocenters. The Bertz CT molecular complexity index is 1050. The van der Waals surface area contributed by atoms with Crippen LogP contribution < -0.4 is 14.9 Å². The monoisotopic (exact) mass is 456 g/mol. The predicted molar refractivity (Wildman–Crippen MR) is 120 cm³/mol. The Morgan fingerprint density at radius 2 is 1.97 bits per heavy atom. The van der Waals surface area contributed by atoms with E-state index in [1.54, 1.807) is 19.2 Å². The van der Waals surface area contributed by atoms with E-state index >= 15 is 0 Å². The number of carbonyl (C=O) groups excluding carboxylic acids is 1. The maximum atomic E-state index is 12.0. The summed E-state index contributed by atoms with van der Waals surface area (Å²) in [6.07, 6.45) is 3.88. The summed E-state index contributed by atoms with van der Waals surface area (Å²) in [5.74, 6) is 1.51. The molecule has 32 heavy (non-hydrogen) atoms. The van der Waals surface area contributed by atoms with E-state index in [4.69, 9.17) is 13.9 Å². The van der Waals surface area contributed by atoms with Crippen LogP contribution in [0.4, 0.5) is 0 Å². The lowest BCUT2D eigenvalue weighted by molar-refractivity contribution is -0.118. The first-order valence-electron chi connectivity index (χ1n) is 9.84. The number of ether oxygens (including phenoxy) is 2. The SMILES string of the molecule is COc1ccc(CCCc2nnc(SCC(=O)N/N=C/c3ccc(O)c(OC)c3)o2)cc1. The quantitative estimate of drug-likeness (QED) is 0.256. The van der Waals surface area contributed by atoms with Crippen molar-refractivity contribution in [2.75, 3.05) is 20.0 Å². The number of hydrazone groups is 1. The van der Waals surface area contributed by atoms with Crippen LogP contribution in [0.25, 0.3) is 0 Å². The summed E-state index contributed by atoms with van der Waals surface area (Å²) in [7, 11) is 3.10. The molecule has 168 valence electrons.